The molecular weight excluding hydrogens is 498 g/mol. The number of nitrogens with zero attached hydrogens (tertiary/aromatic N) is 3. The fourth-order valence-corrected chi connectivity index (χ4v) is 5.96. The van der Waals surface area contributed by atoms with E-state index in [4.69, 9.17) is 9.47 Å². The highest BCUT2D eigenvalue weighted by Gasteiger charge is 2.39. The molecule has 9 heteroatoms. The van der Waals surface area contributed by atoms with Gasteiger partial charge < -0.3 is 29.2 Å². The molecule has 2 N–H and O–H groups in total. The number of amides is 1. The summed E-state index contributed by atoms with van der Waals surface area (Å²) >= 11 is 0. The molecule has 3 heterocycles. The first-order chi connectivity index (χ1) is 18.6. The first-order valence-corrected chi connectivity index (χ1v) is 13.6. The SMILES string of the molecule is CC(C)(C)C1CC(N(Cc2ccc3c(c2)OCCO3)C(=O)O)CCN1CCn1c(=O)cc(O)c2ccccc21. The van der Waals surface area contributed by atoms with E-state index in [9.17, 15) is 19.8 Å². The van der Waals surface area contributed by atoms with Crippen LogP contribution in [0.25, 0.3) is 10.9 Å². The van der Waals surface area contributed by atoms with Crippen LogP contribution in [0.1, 0.15) is 39.2 Å². The Morgan fingerprint density at radius 2 is 1.79 bits per heavy atom. The molecule has 208 valence electrons. The molecule has 0 bridgehead atoms. The third kappa shape index (κ3) is 5.68. The summed E-state index contributed by atoms with van der Waals surface area (Å²) in [5.74, 6) is 1.34. The maximum Gasteiger partial charge on any atom is 0.407 e. The summed E-state index contributed by atoms with van der Waals surface area (Å²) in [6.07, 6.45) is 0.471. The molecule has 2 aliphatic rings. The van der Waals surface area contributed by atoms with Gasteiger partial charge in [0, 0.05) is 49.7 Å². The summed E-state index contributed by atoms with van der Waals surface area (Å²) in [6, 6.07) is 14.3. The van der Waals surface area contributed by atoms with Crippen LogP contribution >= 0.6 is 0 Å². The van der Waals surface area contributed by atoms with Crippen molar-refractivity contribution in [2.24, 2.45) is 5.41 Å². The summed E-state index contributed by atoms with van der Waals surface area (Å²) in [4.78, 5) is 29.1. The van der Waals surface area contributed by atoms with Crippen molar-refractivity contribution in [2.75, 3.05) is 26.3 Å². The average molecular weight is 536 g/mol. The van der Waals surface area contributed by atoms with Crippen molar-refractivity contribution in [3.8, 4) is 17.2 Å². The zero-order valence-corrected chi connectivity index (χ0v) is 22.8. The van der Waals surface area contributed by atoms with Gasteiger partial charge in [0.25, 0.3) is 5.56 Å². The molecule has 2 atom stereocenters. The number of hydrogen-bond acceptors (Lipinski definition) is 6. The predicted molar refractivity (Wildman–Crippen MR) is 149 cm³/mol. The summed E-state index contributed by atoms with van der Waals surface area (Å²) < 4.78 is 13.0. The van der Waals surface area contributed by atoms with Crippen LogP contribution < -0.4 is 15.0 Å². The molecule has 0 saturated carbocycles. The topological polar surface area (TPSA) is 104 Å². The van der Waals surface area contributed by atoms with Gasteiger partial charge in [0.2, 0.25) is 0 Å². The molecule has 0 radical (unpaired) electrons. The van der Waals surface area contributed by atoms with E-state index >= 15 is 0 Å². The maximum absolute atomic E-state index is 12.8. The quantitative estimate of drug-likeness (QED) is 0.478. The number of benzene rings is 2. The van der Waals surface area contributed by atoms with Crippen molar-refractivity contribution in [2.45, 2.75) is 58.8 Å². The number of pyridine rings is 1. The Bertz CT molecular complexity index is 1410. The zero-order valence-electron chi connectivity index (χ0n) is 22.8. The lowest BCUT2D eigenvalue weighted by molar-refractivity contribution is 0.0131. The van der Waals surface area contributed by atoms with Gasteiger partial charge in [0.1, 0.15) is 19.0 Å². The van der Waals surface area contributed by atoms with Crippen LogP contribution in [-0.2, 0) is 13.1 Å². The van der Waals surface area contributed by atoms with E-state index in [-0.39, 0.29) is 35.4 Å². The van der Waals surface area contributed by atoms with Crippen molar-refractivity contribution in [3.63, 3.8) is 0 Å². The number of carboxylic acid groups (broad SMARTS) is 1. The van der Waals surface area contributed by atoms with Gasteiger partial charge in [-0.05, 0) is 48.1 Å². The fraction of sp³-hybridized carbons (Fsp3) is 0.467. The van der Waals surface area contributed by atoms with E-state index in [0.29, 0.717) is 61.5 Å². The zero-order chi connectivity index (χ0) is 27.7. The number of hydrogen-bond donors (Lipinski definition) is 2. The third-order valence-corrected chi connectivity index (χ3v) is 7.94. The van der Waals surface area contributed by atoms with Crippen LogP contribution in [0.3, 0.4) is 0 Å². The largest absolute Gasteiger partial charge is 0.507 e. The van der Waals surface area contributed by atoms with Gasteiger partial charge >= 0.3 is 6.09 Å². The number of aromatic nitrogens is 1. The molecule has 1 amide bonds. The number of rotatable bonds is 6. The Morgan fingerprint density at radius 3 is 2.54 bits per heavy atom. The molecule has 39 heavy (non-hydrogen) atoms. The van der Waals surface area contributed by atoms with Crippen molar-refractivity contribution in [3.05, 3.63) is 64.4 Å². The second-order valence-corrected chi connectivity index (χ2v) is 11.5. The molecular formula is C30H37N3O6. The Balaban J connectivity index is 1.33. The lowest BCUT2D eigenvalue weighted by Crippen LogP contribution is -2.55. The first-order valence-electron chi connectivity index (χ1n) is 13.6. The number of para-hydroxylation sites is 1. The lowest BCUT2D eigenvalue weighted by atomic mass is 9.78. The fourth-order valence-electron chi connectivity index (χ4n) is 5.96. The molecule has 0 spiro atoms. The normalized spacial score (nSPS) is 19.7. The van der Waals surface area contributed by atoms with Crippen LogP contribution in [0.2, 0.25) is 0 Å². The number of carbonyl (C=O) groups is 1. The van der Waals surface area contributed by atoms with E-state index < -0.39 is 6.09 Å². The second kappa shape index (κ2) is 10.8. The summed E-state index contributed by atoms with van der Waals surface area (Å²) in [6.45, 7) is 9.68. The molecule has 1 saturated heterocycles. The van der Waals surface area contributed by atoms with E-state index in [1.165, 1.54) is 6.07 Å². The lowest BCUT2D eigenvalue weighted by Gasteiger charge is -2.48. The molecule has 1 aromatic heterocycles. The number of aromatic hydroxyl groups is 1. The number of fused-ring (bicyclic) bond motifs is 2. The van der Waals surface area contributed by atoms with E-state index in [1.807, 2.05) is 42.5 Å². The van der Waals surface area contributed by atoms with Crippen molar-refractivity contribution in [1.29, 1.82) is 0 Å². The van der Waals surface area contributed by atoms with Gasteiger partial charge in [0.15, 0.2) is 11.5 Å². The molecule has 2 aliphatic heterocycles. The highest BCUT2D eigenvalue weighted by atomic mass is 16.6. The average Bonchev–Trinajstić information content (AvgIpc) is 2.91. The summed E-state index contributed by atoms with van der Waals surface area (Å²) in [5.41, 5.74) is 1.25. The minimum atomic E-state index is -0.932. The van der Waals surface area contributed by atoms with Crippen molar-refractivity contribution >= 4 is 17.0 Å². The maximum atomic E-state index is 12.8. The smallest absolute Gasteiger partial charge is 0.407 e. The highest BCUT2D eigenvalue weighted by Crippen LogP contribution is 2.36. The Hall–Kier alpha value is -3.72. The Kier molecular flexibility index (Phi) is 7.44. The predicted octanol–water partition coefficient (Wildman–Crippen LogP) is 4.54. The first kappa shape index (κ1) is 26.9. The molecule has 5 rings (SSSR count). The van der Waals surface area contributed by atoms with Gasteiger partial charge in [-0.25, -0.2) is 4.79 Å². The van der Waals surface area contributed by atoms with Gasteiger partial charge in [-0.2, -0.15) is 0 Å². The van der Waals surface area contributed by atoms with Crippen molar-refractivity contribution < 1.29 is 24.5 Å². The molecule has 1 fully saturated rings. The van der Waals surface area contributed by atoms with Crippen LogP contribution in [0.5, 0.6) is 17.2 Å². The molecule has 9 nitrogen and oxygen atoms in total. The third-order valence-electron chi connectivity index (χ3n) is 7.94. The second-order valence-electron chi connectivity index (χ2n) is 11.5. The van der Waals surface area contributed by atoms with Gasteiger partial charge in [0.05, 0.1) is 5.52 Å². The standard InChI is InChI=1S/C30H37N3O6/c1-30(2,3)27-17-21(33(29(36)37)19-20-8-9-25-26(16-20)39-15-14-38-25)10-11-31(27)12-13-32-23-7-5-4-6-22(23)24(34)18-28(32)35/h4-9,16,18,21,27,34H,10-15,17,19H2,1-3H3,(H,36,37). The van der Waals surface area contributed by atoms with Crippen LogP contribution in [0.4, 0.5) is 4.79 Å². The monoisotopic (exact) mass is 535 g/mol. The molecule has 3 aromatic rings. The van der Waals surface area contributed by atoms with E-state index in [0.717, 1.165) is 12.1 Å². The molecule has 2 unspecified atom stereocenters. The van der Waals surface area contributed by atoms with Crippen LogP contribution in [0, 0.1) is 5.41 Å². The Labute approximate surface area is 228 Å². The van der Waals surface area contributed by atoms with Gasteiger partial charge in [-0.15, -0.1) is 0 Å². The molecule has 2 aromatic carbocycles. The highest BCUT2D eigenvalue weighted by molar-refractivity contribution is 5.84. The van der Waals surface area contributed by atoms with Gasteiger partial charge in [-0.1, -0.05) is 39.0 Å². The molecule has 0 aliphatic carbocycles. The van der Waals surface area contributed by atoms with Crippen molar-refractivity contribution in [1.82, 2.24) is 14.4 Å². The summed E-state index contributed by atoms with van der Waals surface area (Å²) in [5, 5.41) is 21.1. The van der Waals surface area contributed by atoms with Crippen LogP contribution in [0.15, 0.2) is 53.3 Å². The Morgan fingerprint density at radius 1 is 1.05 bits per heavy atom. The number of ether oxygens (including phenoxy) is 2. The van der Waals surface area contributed by atoms with Gasteiger partial charge in [-0.3, -0.25) is 9.69 Å². The minimum absolute atomic E-state index is 0.00740. The number of likely N-dealkylation sites (tertiary alicyclic amines) is 1. The van der Waals surface area contributed by atoms with Crippen LogP contribution in [-0.4, -0.2) is 69.1 Å². The van der Waals surface area contributed by atoms with E-state index in [2.05, 4.69) is 25.7 Å². The van der Waals surface area contributed by atoms with E-state index in [1.54, 1.807) is 9.47 Å². The number of piperidine rings is 1. The summed E-state index contributed by atoms with van der Waals surface area (Å²) in [7, 11) is 0. The minimum Gasteiger partial charge on any atom is -0.507 e.